The van der Waals surface area contributed by atoms with Gasteiger partial charge in [0.25, 0.3) is 5.91 Å². The number of hydrogen-bond acceptors (Lipinski definition) is 6. The number of nitrogens with zero attached hydrogens (tertiary/aromatic N) is 4. The lowest BCUT2D eigenvalue weighted by atomic mass is 10.0. The topological polar surface area (TPSA) is 115 Å². The lowest BCUT2D eigenvalue weighted by Crippen LogP contribution is -2.37. The molecule has 9 heteroatoms. The second-order valence-corrected chi connectivity index (χ2v) is 6.92. The zero-order valence-corrected chi connectivity index (χ0v) is 15.5. The highest BCUT2D eigenvalue weighted by molar-refractivity contribution is 5.94. The number of hydrogen-bond donors (Lipinski definition) is 2. The molecule has 0 radical (unpaired) electrons. The Morgan fingerprint density at radius 1 is 1.29 bits per heavy atom. The van der Waals surface area contributed by atoms with Crippen molar-refractivity contribution < 1.29 is 14.3 Å². The number of carbonyl (C=O) groups is 2. The second kappa shape index (κ2) is 6.93. The normalized spacial score (nSPS) is 16.6. The summed E-state index contributed by atoms with van der Waals surface area (Å²) in [7, 11) is 0. The maximum Gasteiger partial charge on any atom is 0.415 e. The monoisotopic (exact) mass is 380 g/mol. The first-order valence-corrected chi connectivity index (χ1v) is 8.91. The number of rotatable bonds is 4. The van der Waals surface area contributed by atoms with E-state index in [2.05, 4.69) is 15.5 Å². The highest BCUT2D eigenvalue weighted by Crippen LogP contribution is 2.29. The highest BCUT2D eigenvalue weighted by Gasteiger charge is 2.37. The number of cyclic esters (lactones) is 1. The second-order valence-electron chi connectivity index (χ2n) is 6.92. The minimum atomic E-state index is -0.395. The maximum atomic E-state index is 12.2. The Balaban J connectivity index is 1.74. The van der Waals surface area contributed by atoms with Crippen LogP contribution in [0.3, 0.4) is 0 Å². The largest absolute Gasteiger partial charge is 0.447 e. The number of hydrazine groups is 1. The molecule has 1 atom stereocenters. The molecule has 0 bridgehead atoms. The van der Waals surface area contributed by atoms with Crippen LogP contribution in [-0.2, 0) is 4.74 Å². The molecule has 3 aromatic rings. The highest BCUT2D eigenvalue weighted by atomic mass is 16.6. The number of carbonyl (C=O) groups excluding carboxylic acids is 2. The summed E-state index contributed by atoms with van der Waals surface area (Å²) in [5.41, 5.74) is 4.80. The minimum absolute atomic E-state index is 0.0668. The molecule has 0 unspecified atom stereocenters. The molecule has 3 heterocycles. The van der Waals surface area contributed by atoms with Crippen LogP contribution in [0.15, 0.2) is 42.7 Å². The SMILES string of the molecule is CC(C)[C@H]1COC(=O)N1c1ccn2ncc(-c3ccc(C(=O)NN)cc3)c2n1. The van der Waals surface area contributed by atoms with Gasteiger partial charge in [0.05, 0.1) is 12.2 Å². The average Bonchev–Trinajstić information content (AvgIpc) is 3.30. The molecule has 9 nitrogen and oxygen atoms in total. The molecule has 2 aromatic heterocycles. The van der Waals surface area contributed by atoms with Crippen LogP contribution in [-0.4, -0.2) is 39.2 Å². The van der Waals surface area contributed by atoms with E-state index in [-0.39, 0.29) is 17.9 Å². The van der Waals surface area contributed by atoms with E-state index in [1.54, 1.807) is 52.1 Å². The summed E-state index contributed by atoms with van der Waals surface area (Å²) >= 11 is 0. The van der Waals surface area contributed by atoms with E-state index in [1.165, 1.54) is 0 Å². The van der Waals surface area contributed by atoms with Gasteiger partial charge in [-0.25, -0.2) is 20.1 Å². The Kier molecular flexibility index (Phi) is 4.44. The third kappa shape index (κ3) is 2.95. The molecule has 0 spiro atoms. The van der Waals surface area contributed by atoms with Gasteiger partial charge in [0.15, 0.2) is 5.65 Å². The minimum Gasteiger partial charge on any atom is -0.447 e. The summed E-state index contributed by atoms with van der Waals surface area (Å²) in [4.78, 5) is 30.1. The first-order valence-electron chi connectivity index (χ1n) is 8.91. The zero-order chi connectivity index (χ0) is 19.8. The number of anilines is 1. The number of benzene rings is 1. The maximum absolute atomic E-state index is 12.2. The van der Waals surface area contributed by atoms with Crippen LogP contribution in [0, 0.1) is 5.92 Å². The van der Waals surface area contributed by atoms with E-state index in [0.29, 0.717) is 23.6 Å². The van der Waals surface area contributed by atoms with Crippen molar-refractivity contribution >= 4 is 23.5 Å². The van der Waals surface area contributed by atoms with Crippen LogP contribution in [0.1, 0.15) is 24.2 Å². The Bertz CT molecular complexity index is 1040. The molecule has 144 valence electrons. The number of nitrogens with one attached hydrogen (secondary N) is 1. The molecule has 28 heavy (non-hydrogen) atoms. The van der Waals surface area contributed by atoms with E-state index < -0.39 is 6.09 Å². The van der Waals surface area contributed by atoms with Gasteiger partial charge in [-0.1, -0.05) is 26.0 Å². The fourth-order valence-corrected chi connectivity index (χ4v) is 3.27. The Morgan fingerprint density at radius 2 is 2.04 bits per heavy atom. The molecule has 2 amide bonds. The van der Waals surface area contributed by atoms with E-state index in [9.17, 15) is 9.59 Å². The number of nitrogen functional groups attached to an aromatic ring is 1. The lowest BCUT2D eigenvalue weighted by Gasteiger charge is -2.23. The van der Waals surface area contributed by atoms with E-state index >= 15 is 0 Å². The summed E-state index contributed by atoms with van der Waals surface area (Å²) in [6, 6.07) is 8.64. The van der Waals surface area contributed by atoms with Crippen LogP contribution < -0.4 is 16.2 Å². The molecule has 0 saturated carbocycles. The third-order valence-electron chi connectivity index (χ3n) is 4.87. The van der Waals surface area contributed by atoms with Gasteiger partial charge in [0.1, 0.15) is 12.4 Å². The number of ether oxygens (including phenoxy) is 1. The van der Waals surface area contributed by atoms with Gasteiger partial charge >= 0.3 is 6.09 Å². The summed E-state index contributed by atoms with van der Waals surface area (Å²) < 4.78 is 6.87. The molecule has 1 aliphatic rings. The smallest absolute Gasteiger partial charge is 0.415 e. The van der Waals surface area contributed by atoms with Crippen molar-refractivity contribution in [3.05, 3.63) is 48.3 Å². The van der Waals surface area contributed by atoms with Crippen molar-refractivity contribution in [2.24, 2.45) is 11.8 Å². The van der Waals surface area contributed by atoms with E-state index in [1.807, 2.05) is 13.8 Å². The van der Waals surface area contributed by atoms with Crippen LogP contribution in [0.25, 0.3) is 16.8 Å². The summed E-state index contributed by atoms with van der Waals surface area (Å²) in [5, 5.41) is 4.33. The Morgan fingerprint density at radius 3 is 2.71 bits per heavy atom. The fraction of sp³-hybridized carbons (Fsp3) is 0.263. The van der Waals surface area contributed by atoms with Gasteiger partial charge in [0.2, 0.25) is 0 Å². The molecule has 4 rings (SSSR count). The van der Waals surface area contributed by atoms with Crippen LogP contribution >= 0.6 is 0 Å². The average molecular weight is 380 g/mol. The van der Waals surface area contributed by atoms with E-state index in [4.69, 9.17) is 10.6 Å². The number of fused-ring (bicyclic) bond motifs is 1. The van der Waals surface area contributed by atoms with Gasteiger partial charge in [-0.15, -0.1) is 0 Å². The number of amides is 2. The Hall–Kier alpha value is -3.46. The van der Waals surface area contributed by atoms with Gasteiger partial charge < -0.3 is 4.74 Å². The molecule has 3 N–H and O–H groups in total. The molecule has 1 aliphatic heterocycles. The van der Waals surface area contributed by atoms with Crippen LogP contribution in [0.2, 0.25) is 0 Å². The summed E-state index contributed by atoms with van der Waals surface area (Å²) in [6.07, 6.45) is 3.07. The van der Waals surface area contributed by atoms with Crippen LogP contribution in [0.4, 0.5) is 10.6 Å². The van der Waals surface area contributed by atoms with Crippen molar-refractivity contribution in [3.8, 4) is 11.1 Å². The van der Waals surface area contributed by atoms with Crippen molar-refractivity contribution in [1.82, 2.24) is 20.0 Å². The summed E-state index contributed by atoms with van der Waals surface area (Å²) in [6.45, 7) is 4.43. The molecule has 1 fully saturated rings. The van der Waals surface area contributed by atoms with Gasteiger partial charge in [-0.05, 0) is 29.7 Å². The Labute approximate surface area is 161 Å². The first kappa shape index (κ1) is 17.9. The van der Waals surface area contributed by atoms with Crippen LogP contribution in [0.5, 0.6) is 0 Å². The molecule has 1 aromatic carbocycles. The third-order valence-corrected chi connectivity index (χ3v) is 4.87. The summed E-state index contributed by atoms with van der Waals surface area (Å²) in [5.74, 6) is 5.56. The quantitative estimate of drug-likeness (QED) is 0.406. The molecule has 0 aliphatic carbocycles. The van der Waals surface area contributed by atoms with Gasteiger partial charge in [-0.2, -0.15) is 5.10 Å². The lowest BCUT2D eigenvalue weighted by molar-refractivity contribution is 0.0953. The zero-order valence-electron chi connectivity index (χ0n) is 15.5. The van der Waals surface area contributed by atoms with Crippen molar-refractivity contribution in [2.45, 2.75) is 19.9 Å². The van der Waals surface area contributed by atoms with Crippen molar-refractivity contribution in [3.63, 3.8) is 0 Å². The van der Waals surface area contributed by atoms with Gasteiger partial charge in [-0.3, -0.25) is 15.1 Å². The molecule has 1 saturated heterocycles. The predicted octanol–water partition coefficient (Wildman–Crippen LogP) is 1.98. The van der Waals surface area contributed by atoms with Gasteiger partial charge in [0, 0.05) is 17.3 Å². The van der Waals surface area contributed by atoms with Crippen molar-refractivity contribution in [2.75, 3.05) is 11.5 Å². The fourth-order valence-electron chi connectivity index (χ4n) is 3.27. The van der Waals surface area contributed by atoms with Crippen molar-refractivity contribution in [1.29, 1.82) is 0 Å². The standard InChI is InChI=1S/C19H20N6O3/c1-11(2)15-10-28-19(27)25(15)16-7-8-24-17(22-16)14(9-21-24)12-3-5-13(6-4-12)18(26)23-20/h3-9,11,15H,10,20H2,1-2H3,(H,23,26)/t15-/m1/s1. The first-order chi connectivity index (χ1) is 13.5. The predicted molar refractivity (Wildman–Crippen MR) is 103 cm³/mol. The number of nitrogens with two attached hydrogens (primary N) is 1. The molecular formula is C19H20N6O3. The van der Waals surface area contributed by atoms with E-state index in [0.717, 1.165) is 11.1 Å². The molecular weight excluding hydrogens is 360 g/mol. The number of aromatic nitrogens is 3.